The fourth-order valence-electron chi connectivity index (χ4n) is 2.32. The quantitative estimate of drug-likeness (QED) is 0.614. The van der Waals surface area contributed by atoms with E-state index in [0.29, 0.717) is 18.2 Å². The van der Waals surface area contributed by atoms with Crippen molar-refractivity contribution in [3.05, 3.63) is 24.3 Å². The first-order valence-electron chi connectivity index (χ1n) is 6.80. The number of likely N-dealkylation sites (N-methyl/N-ethyl adjacent to an activating group) is 1. The number of aromatic nitrogens is 4. The second-order valence-electron chi connectivity index (χ2n) is 5.17. The van der Waals surface area contributed by atoms with E-state index in [4.69, 9.17) is 10.6 Å². The summed E-state index contributed by atoms with van der Waals surface area (Å²) < 4.78 is 7.51. The molecule has 3 N–H and O–H groups in total. The Morgan fingerprint density at radius 1 is 1.38 bits per heavy atom. The van der Waals surface area contributed by atoms with E-state index in [-0.39, 0.29) is 6.10 Å². The number of nitrogen functional groups attached to an aromatic ring is 1. The van der Waals surface area contributed by atoms with Crippen LogP contribution in [-0.2, 0) is 11.8 Å². The molecule has 2 aromatic heterocycles. The maximum absolute atomic E-state index is 5.77. The monoisotopic (exact) mass is 289 g/mol. The molecule has 8 nitrogen and oxygen atoms in total. The van der Waals surface area contributed by atoms with E-state index >= 15 is 0 Å². The molecule has 1 aliphatic rings. The molecule has 0 aliphatic carbocycles. The highest BCUT2D eigenvalue weighted by Crippen LogP contribution is 2.24. The van der Waals surface area contributed by atoms with Crippen molar-refractivity contribution >= 4 is 5.82 Å². The smallest absolute Gasteiger partial charge is 0.161 e. The van der Waals surface area contributed by atoms with Gasteiger partial charge in [0.05, 0.1) is 18.5 Å². The zero-order chi connectivity index (χ0) is 14.8. The fraction of sp³-hybridized carbons (Fsp3) is 0.462. The Hall–Kier alpha value is -2.03. The molecule has 8 heteroatoms. The number of nitrogens with zero attached hydrogens (tertiary/aromatic N) is 5. The van der Waals surface area contributed by atoms with Crippen LogP contribution < -0.4 is 11.3 Å². The summed E-state index contributed by atoms with van der Waals surface area (Å²) in [5.74, 6) is 6.72. The van der Waals surface area contributed by atoms with Crippen molar-refractivity contribution in [2.45, 2.75) is 6.10 Å². The predicted octanol–water partition coefficient (Wildman–Crippen LogP) is 0.166. The second kappa shape index (κ2) is 5.76. The van der Waals surface area contributed by atoms with Gasteiger partial charge in [-0.1, -0.05) is 0 Å². The summed E-state index contributed by atoms with van der Waals surface area (Å²) in [5.41, 5.74) is 4.28. The zero-order valence-electron chi connectivity index (χ0n) is 12.2. The van der Waals surface area contributed by atoms with Crippen molar-refractivity contribution in [2.75, 3.05) is 32.2 Å². The first-order chi connectivity index (χ1) is 10.2. The number of nitrogens with two attached hydrogens (primary N) is 1. The Labute approximate surface area is 122 Å². The molecule has 0 radical (unpaired) electrons. The SMILES string of the molecule is CN1CCOC(c2nc(NN)cc(-c3cnn(C)c3)n2)C1. The Morgan fingerprint density at radius 3 is 2.90 bits per heavy atom. The summed E-state index contributed by atoms with van der Waals surface area (Å²) in [6, 6.07) is 1.80. The lowest BCUT2D eigenvalue weighted by molar-refractivity contribution is -0.0253. The number of ether oxygens (including phenoxy) is 1. The lowest BCUT2D eigenvalue weighted by Gasteiger charge is -2.29. The van der Waals surface area contributed by atoms with E-state index in [1.807, 2.05) is 13.2 Å². The third-order valence-electron chi connectivity index (χ3n) is 3.45. The van der Waals surface area contributed by atoms with Crippen LogP contribution >= 0.6 is 0 Å². The van der Waals surface area contributed by atoms with Crippen molar-refractivity contribution in [1.82, 2.24) is 24.6 Å². The van der Waals surface area contributed by atoms with Crippen molar-refractivity contribution < 1.29 is 4.74 Å². The van der Waals surface area contributed by atoms with Crippen molar-refractivity contribution in [1.29, 1.82) is 0 Å². The molecule has 1 saturated heterocycles. The largest absolute Gasteiger partial charge is 0.368 e. The van der Waals surface area contributed by atoms with Crippen LogP contribution in [0, 0.1) is 0 Å². The van der Waals surface area contributed by atoms with Gasteiger partial charge >= 0.3 is 0 Å². The van der Waals surface area contributed by atoms with Gasteiger partial charge in [-0.15, -0.1) is 0 Å². The minimum absolute atomic E-state index is 0.146. The Balaban J connectivity index is 1.96. The number of aryl methyl sites for hydroxylation is 1. The van der Waals surface area contributed by atoms with Gasteiger partial charge in [0, 0.05) is 38.0 Å². The van der Waals surface area contributed by atoms with Gasteiger partial charge in [-0.25, -0.2) is 15.8 Å². The molecule has 0 spiro atoms. The molecule has 0 bridgehead atoms. The van der Waals surface area contributed by atoms with Gasteiger partial charge in [-0.05, 0) is 7.05 Å². The topological polar surface area (TPSA) is 94.1 Å². The van der Waals surface area contributed by atoms with Gasteiger partial charge in [0.25, 0.3) is 0 Å². The van der Waals surface area contributed by atoms with Crippen LogP contribution in [0.25, 0.3) is 11.3 Å². The molecule has 3 heterocycles. The summed E-state index contributed by atoms with van der Waals surface area (Å²) in [5, 5.41) is 4.17. The zero-order valence-corrected chi connectivity index (χ0v) is 12.2. The van der Waals surface area contributed by atoms with E-state index in [2.05, 4.69) is 32.4 Å². The molecule has 2 aromatic rings. The van der Waals surface area contributed by atoms with Gasteiger partial charge in [-0.3, -0.25) is 4.68 Å². The van der Waals surface area contributed by atoms with E-state index in [0.717, 1.165) is 24.3 Å². The number of anilines is 1. The molecule has 1 fully saturated rings. The predicted molar refractivity (Wildman–Crippen MR) is 78.2 cm³/mol. The summed E-state index contributed by atoms with van der Waals surface area (Å²) in [6.45, 7) is 2.36. The molecule has 21 heavy (non-hydrogen) atoms. The van der Waals surface area contributed by atoms with Crippen LogP contribution in [-0.4, -0.2) is 51.4 Å². The number of rotatable bonds is 3. The van der Waals surface area contributed by atoms with Crippen LogP contribution in [0.2, 0.25) is 0 Å². The average Bonchev–Trinajstić information content (AvgIpc) is 2.93. The number of hydrazine groups is 1. The van der Waals surface area contributed by atoms with E-state index in [1.165, 1.54) is 0 Å². The van der Waals surface area contributed by atoms with Gasteiger partial charge in [0.15, 0.2) is 5.82 Å². The van der Waals surface area contributed by atoms with Gasteiger partial charge in [0.1, 0.15) is 11.9 Å². The normalized spacial score (nSPS) is 19.7. The highest BCUT2D eigenvalue weighted by Gasteiger charge is 2.23. The highest BCUT2D eigenvalue weighted by atomic mass is 16.5. The molecular formula is C13H19N7O. The summed E-state index contributed by atoms with van der Waals surface area (Å²) in [6.07, 6.45) is 3.52. The Morgan fingerprint density at radius 2 is 2.24 bits per heavy atom. The lowest BCUT2D eigenvalue weighted by atomic mass is 10.2. The molecule has 1 atom stereocenters. The molecule has 0 aromatic carbocycles. The first-order valence-corrected chi connectivity index (χ1v) is 6.80. The van der Waals surface area contributed by atoms with Gasteiger partial charge in [-0.2, -0.15) is 5.10 Å². The van der Waals surface area contributed by atoms with Crippen molar-refractivity contribution in [2.24, 2.45) is 12.9 Å². The van der Waals surface area contributed by atoms with Crippen molar-refractivity contribution in [3.8, 4) is 11.3 Å². The van der Waals surface area contributed by atoms with Crippen molar-refractivity contribution in [3.63, 3.8) is 0 Å². The fourth-order valence-corrected chi connectivity index (χ4v) is 2.32. The van der Waals surface area contributed by atoms with Crippen LogP contribution in [0.3, 0.4) is 0 Å². The number of nitrogens with one attached hydrogen (secondary N) is 1. The molecule has 0 saturated carbocycles. The Kier molecular flexibility index (Phi) is 3.82. The second-order valence-corrected chi connectivity index (χ2v) is 5.17. The minimum atomic E-state index is -0.146. The first kappa shape index (κ1) is 13.9. The van der Waals surface area contributed by atoms with Crippen LogP contribution in [0.5, 0.6) is 0 Å². The maximum atomic E-state index is 5.77. The Bertz CT molecular complexity index is 627. The third-order valence-corrected chi connectivity index (χ3v) is 3.45. The number of hydrogen-bond acceptors (Lipinski definition) is 7. The lowest BCUT2D eigenvalue weighted by Crippen LogP contribution is -2.36. The van der Waals surface area contributed by atoms with Crippen LogP contribution in [0.15, 0.2) is 18.5 Å². The molecular weight excluding hydrogens is 270 g/mol. The van der Waals surface area contributed by atoms with E-state index in [1.54, 1.807) is 16.9 Å². The summed E-state index contributed by atoms with van der Waals surface area (Å²) in [4.78, 5) is 11.2. The third kappa shape index (κ3) is 3.02. The molecule has 1 unspecified atom stereocenters. The number of morpholine rings is 1. The average molecular weight is 289 g/mol. The molecule has 1 aliphatic heterocycles. The van der Waals surface area contributed by atoms with Crippen LogP contribution in [0.4, 0.5) is 5.82 Å². The highest BCUT2D eigenvalue weighted by molar-refractivity contribution is 5.60. The summed E-state index contributed by atoms with van der Waals surface area (Å²) >= 11 is 0. The van der Waals surface area contributed by atoms with E-state index < -0.39 is 0 Å². The standard InChI is InChI=1S/C13H19N7O/c1-19-3-4-21-11(8-19)13-16-10(5-12(17-13)18-14)9-6-15-20(2)7-9/h5-7,11H,3-4,8,14H2,1-2H3,(H,16,17,18). The molecule has 0 amide bonds. The molecule has 112 valence electrons. The number of hydrogen-bond donors (Lipinski definition) is 2. The minimum Gasteiger partial charge on any atom is -0.368 e. The maximum Gasteiger partial charge on any atom is 0.161 e. The van der Waals surface area contributed by atoms with Crippen LogP contribution in [0.1, 0.15) is 11.9 Å². The van der Waals surface area contributed by atoms with Gasteiger partial charge < -0.3 is 15.1 Å². The summed E-state index contributed by atoms with van der Waals surface area (Å²) in [7, 11) is 3.93. The van der Waals surface area contributed by atoms with E-state index in [9.17, 15) is 0 Å². The molecule has 3 rings (SSSR count). The van der Waals surface area contributed by atoms with Gasteiger partial charge in [0.2, 0.25) is 0 Å².